The molecule has 1 amide bonds. The Hall–Kier alpha value is -3.00. The van der Waals surface area contributed by atoms with Gasteiger partial charge in [0, 0.05) is 52.6 Å². The number of anilines is 1. The summed E-state index contributed by atoms with van der Waals surface area (Å²) in [6.45, 7) is 17.6. The van der Waals surface area contributed by atoms with E-state index < -0.39 is 0 Å². The van der Waals surface area contributed by atoms with E-state index in [1.54, 1.807) is 0 Å². The molecule has 5 heteroatoms. The number of carbonyl (C=O) groups is 1. The molecule has 3 rings (SSSR count). The molecule has 2 aromatic rings. The molecule has 1 aromatic carbocycles. The van der Waals surface area contributed by atoms with Crippen LogP contribution in [0.2, 0.25) is 0 Å². The normalized spacial score (nSPS) is 17.6. The van der Waals surface area contributed by atoms with Crippen molar-refractivity contribution in [3.63, 3.8) is 0 Å². The largest absolute Gasteiger partial charge is 0.369 e. The summed E-state index contributed by atoms with van der Waals surface area (Å²) in [6.07, 6.45) is 6.14. The number of nitrogens with zero attached hydrogens (tertiary/aromatic N) is 1. The molecule has 200 valence electrons. The lowest BCUT2D eigenvalue weighted by molar-refractivity contribution is 0.0950. The van der Waals surface area contributed by atoms with Crippen LogP contribution in [0, 0.1) is 43.9 Å². The average Bonchev–Trinajstić information content (AvgIpc) is 2.83. The second kappa shape index (κ2) is 12.0. The highest BCUT2D eigenvalue weighted by atomic mass is 16.1. The van der Waals surface area contributed by atoms with Crippen molar-refractivity contribution < 1.29 is 4.79 Å². The highest BCUT2D eigenvalue weighted by Gasteiger charge is 2.27. The minimum absolute atomic E-state index is 0.138. The fraction of sp³-hybridized carbons (Fsp3) is 0.562. The van der Waals surface area contributed by atoms with E-state index in [4.69, 9.17) is 0 Å². The van der Waals surface area contributed by atoms with Gasteiger partial charge in [0.2, 0.25) is 0 Å². The molecular weight excluding hydrogens is 458 g/mol. The van der Waals surface area contributed by atoms with Crippen LogP contribution in [-0.4, -0.2) is 23.5 Å². The highest BCUT2D eigenvalue weighted by molar-refractivity contribution is 5.97. The van der Waals surface area contributed by atoms with Crippen molar-refractivity contribution in [1.29, 1.82) is 0 Å². The molecule has 1 aliphatic carbocycles. The zero-order valence-electron chi connectivity index (χ0n) is 24.1. The fourth-order valence-corrected chi connectivity index (χ4v) is 5.42. The zero-order chi connectivity index (χ0) is 27.3. The Labute approximate surface area is 223 Å². The SMILES string of the molecule is CCC1CCC(N(CC)c2cc(C#CC(C)(C)C)cc(C(=O)NCc3c(C)cc(C)[nH]c3=O)c2C)CC1. The third-order valence-corrected chi connectivity index (χ3v) is 7.61. The van der Waals surface area contributed by atoms with Crippen molar-refractivity contribution in [2.24, 2.45) is 11.3 Å². The first-order valence-corrected chi connectivity index (χ1v) is 13.9. The van der Waals surface area contributed by atoms with Crippen LogP contribution < -0.4 is 15.8 Å². The predicted molar refractivity (Wildman–Crippen MR) is 154 cm³/mol. The van der Waals surface area contributed by atoms with Crippen LogP contribution in [0.4, 0.5) is 5.69 Å². The molecule has 1 heterocycles. The van der Waals surface area contributed by atoms with Crippen LogP contribution in [0.5, 0.6) is 0 Å². The molecule has 0 saturated heterocycles. The molecular formula is C32H45N3O2. The second-order valence-electron chi connectivity index (χ2n) is 11.7. The number of nitrogens with one attached hydrogen (secondary N) is 2. The number of aromatic amines is 1. The molecule has 0 atom stereocenters. The van der Waals surface area contributed by atoms with Crippen molar-refractivity contribution >= 4 is 11.6 Å². The first kappa shape index (κ1) is 28.6. The summed E-state index contributed by atoms with van der Waals surface area (Å²) in [7, 11) is 0. The maximum atomic E-state index is 13.5. The van der Waals surface area contributed by atoms with Gasteiger partial charge in [0.25, 0.3) is 11.5 Å². The van der Waals surface area contributed by atoms with E-state index in [9.17, 15) is 9.59 Å². The predicted octanol–water partition coefficient (Wildman–Crippen LogP) is 6.42. The number of H-pyrrole nitrogens is 1. The van der Waals surface area contributed by atoms with Gasteiger partial charge in [0.05, 0.1) is 0 Å². The Balaban J connectivity index is 1.98. The monoisotopic (exact) mass is 503 g/mol. The summed E-state index contributed by atoms with van der Waals surface area (Å²) < 4.78 is 0. The Morgan fingerprint density at radius 3 is 2.32 bits per heavy atom. The number of carbonyl (C=O) groups excluding carboxylic acids is 1. The number of pyridine rings is 1. The van der Waals surface area contributed by atoms with Crippen LogP contribution in [-0.2, 0) is 6.54 Å². The molecule has 1 aromatic heterocycles. The van der Waals surface area contributed by atoms with E-state index in [1.807, 2.05) is 32.9 Å². The third-order valence-electron chi connectivity index (χ3n) is 7.61. The van der Waals surface area contributed by atoms with Crippen molar-refractivity contribution in [3.05, 3.63) is 62.1 Å². The van der Waals surface area contributed by atoms with Gasteiger partial charge in [-0.3, -0.25) is 9.59 Å². The van der Waals surface area contributed by atoms with Gasteiger partial charge in [-0.1, -0.05) is 25.2 Å². The van der Waals surface area contributed by atoms with Crippen LogP contribution in [0.1, 0.15) is 105 Å². The second-order valence-corrected chi connectivity index (χ2v) is 11.7. The Kier molecular flexibility index (Phi) is 9.29. The van der Waals surface area contributed by atoms with Crippen LogP contribution in [0.25, 0.3) is 0 Å². The van der Waals surface area contributed by atoms with E-state index in [0.717, 1.165) is 40.5 Å². The maximum absolute atomic E-state index is 13.5. The molecule has 0 unspecified atom stereocenters. The number of aryl methyl sites for hydroxylation is 2. The van der Waals surface area contributed by atoms with E-state index in [0.29, 0.717) is 17.2 Å². The highest BCUT2D eigenvalue weighted by Crippen LogP contribution is 2.34. The van der Waals surface area contributed by atoms with Gasteiger partial charge in [-0.05, 0) is 109 Å². The van der Waals surface area contributed by atoms with Crippen molar-refractivity contribution in [2.45, 2.75) is 100 Å². The van der Waals surface area contributed by atoms with Crippen LogP contribution in [0.15, 0.2) is 23.0 Å². The maximum Gasteiger partial charge on any atom is 0.253 e. The smallest absolute Gasteiger partial charge is 0.253 e. The average molecular weight is 504 g/mol. The first-order valence-electron chi connectivity index (χ1n) is 13.9. The minimum atomic E-state index is -0.178. The fourth-order valence-electron chi connectivity index (χ4n) is 5.42. The van der Waals surface area contributed by atoms with Gasteiger partial charge in [-0.2, -0.15) is 0 Å². The van der Waals surface area contributed by atoms with Crippen molar-refractivity contribution in [3.8, 4) is 11.8 Å². The number of hydrogen-bond acceptors (Lipinski definition) is 3. The minimum Gasteiger partial charge on any atom is -0.369 e. The van der Waals surface area contributed by atoms with Gasteiger partial charge >= 0.3 is 0 Å². The van der Waals surface area contributed by atoms with Crippen LogP contribution in [0.3, 0.4) is 0 Å². The molecule has 1 saturated carbocycles. The Bertz CT molecular complexity index is 1230. The molecule has 2 N–H and O–H groups in total. The molecule has 0 spiro atoms. The van der Waals surface area contributed by atoms with Gasteiger partial charge < -0.3 is 15.2 Å². The van der Waals surface area contributed by atoms with Gasteiger partial charge in [0.15, 0.2) is 0 Å². The molecule has 1 fully saturated rings. The van der Waals surface area contributed by atoms with Crippen LogP contribution >= 0.6 is 0 Å². The number of benzene rings is 1. The summed E-state index contributed by atoms with van der Waals surface area (Å²) in [6, 6.07) is 6.47. The molecule has 1 aliphatic rings. The van der Waals surface area contributed by atoms with Gasteiger partial charge in [0.1, 0.15) is 0 Å². The Morgan fingerprint density at radius 2 is 1.76 bits per heavy atom. The lowest BCUT2D eigenvalue weighted by Gasteiger charge is -2.39. The molecule has 0 aliphatic heterocycles. The van der Waals surface area contributed by atoms with Gasteiger partial charge in [-0.15, -0.1) is 0 Å². The summed E-state index contributed by atoms with van der Waals surface area (Å²) in [5.41, 5.74) is 5.52. The summed E-state index contributed by atoms with van der Waals surface area (Å²) in [4.78, 5) is 31.3. The number of amides is 1. The quantitative estimate of drug-likeness (QED) is 0.428. The van der Waals surface area contributed by atoms with E-state index in [1.165, 1.54) is 32.1 Å². The first-order chi connectivity index (χ1) is 17.4. The van der Waals surface area contributed by atoms with E-state index in [2.05, 4.69) is 67.7 Å². The third kappa shape index (κ3) is 7.28. The topological polar surface area (TPSA) is 65.2 Å². The lowest BCUT2D eigenvalue weighted by atomic mass is 9.83. The van der Waals surface area contributed by atoms with Gasteiger partial charge in [-0.25, -0.2) is 0 Å². The summed E-state index contributed by atoms with van der Waals surface area (Å²) >= 11 is 0. The number of aromatic nitrogens is 1. The lowest BCUT2D eigenvalue weighted by Crippen LogP contribution is -2.39. The molecule has 0 radical (unpaired) electrons. The number of hydrogen-bond donors (Lipinski definition) is 2. The standard InChI is InChI=1S/C32H45N3O2/c1-9-24-11-13-26(14-12-24)35(10-2)29-19-25(15-16-32(6,7)8)18-27(23(29)5)30(36)33-20-28-21(3)17-22(4)34-31(28)37/h17-19,24,26H,9-14,20H2,1-8H3,(H,33,36)(H,34,37). The van der Waals surface area contributed by atoms with E-state index in [-0.39, 0.29) is 23.4 Å². The summed E-state index contributed by atoms with van der Waals surface area (Å²) in [5, 5.41) is 3.01. The molecule has 0 bridgehead atoms. The van der Waals surface area contributed by atoms with E-state index >= 15 is 0 Å². The molecule has 5 nitrogen and oxygen atoms in total. The molecule has 37 heavy (non-hydrogen) atoms. The number of rotatable bonds is 7. The van der Waals surface area contributed by atoms with Crippen molar-refractivity contribution in [2.75, 3.05) is 11.4 Å². The summed E-state index contributed by atoms with van der Waals surface area (Å²) in [5.74, 6) is 7.32. The van der Waals surface area contributed by atoms with Crippen molar-refractivity contribution in [1.82, 2.24) is 10.3 Å². The Morgan fingerprint density at radius 1 is 1.08 bits per heavy atom. The zero-order valence-corrected chi connectivity index (χ0v) is 24.1.